The Balaban J connectivity index is 0.000000490. The zero-order valence-electron chi connectivity index (χ0n) is 4.50. The van der Waals surface area contributed by atoms with Crippen molar-refractivity contribution >= 4 is 12.4 Å². The van der Waals surface area contributed by atoms with Gasteiger partial charge in [0.2, 0.25) is 0 Å². The maximum Gasteiger partial charge on any atom is 0.0620 e. The summed E-state index contributed by atoms with van der Waals surface area (Å²) >= 11 is 0. The highest BCUT2D eigenvalue weighted by Crippen LogP contribution is 1.90. The smallest absolute Gasteiger partial charge is 0.0620 e. The second kappa shape index (κ2) is 3.89. The van der Waals surface area contributed by atoms with Crippen LogP contribution in [0.3, 0.4) is 0 Å². The number of rotatable bonds is 1. The third-order valence-electron chi connectivity index (χ3n) is 1.06. The van der Waals surface area contributed by atoms with Crippen molar-refractivity contribution in [2.45, 2.75) is 6.04 Å². The Bertz CT molecular complexity index is 84.5. The summed E-state index contributed by atoms with van der Waals surface area (Å²) in [5, 5.41) is 11.5. The third kappa shape index (κ3) is 1.82. The number of halogens is 1. The predicted molar refractivity (Wildman–Crippen MR) is 35.3 cm³/mol. The van der Waals surface area contributed by atoms with Gasteiger partial charge in [-0.1, -0.05) is 12.2 Å². The van der Waals surface area contributed by atoms with E-state index in [1.807, 2.05) is 12.2 Å². The molecule has 1 rings (SSSR count). The quantitative estimate of drug-likeness (QED) is 0.494. The first kappa shape index (κ1) is 7.95. The van der Waals surface area contributed by atoms with Crippen LogP contribution in [-0.2, 0) is 0 Å². The zero-order chi connectivity index (χ0) is 5.11. The Morgan fingerprint density at radius 2 is 2.50 bits per heavy atom. The largest absolute Gasteiger partial charge is 0.394 e. The standard InChI is InChI=1S/C5H9NO.ClH/c7-4-5-2-1-3-6-5;/h1-2,5-7H,3-4H2;1H. The van der Waals surface area contributed by atoms with Crippen LogP contribution >= 0.6 is 12.4 Å². The van der Waals surface area contributed by atoms with Crippen molar-refractivity contribution in [3.8, 4) is 0 Å². The molecule has 2 nitrogen and oxygen atoms in total. The van der Waals surface area contributed by atoms with Crippen LogP contribution in [0.15, 0.2) is 12.2 Å². The normalized spacial score (nSPS) is 25.4. The third-order valence-corrected chi connectivity index (χ3v) is 1.06. The molecule has 1 aliphatic heterocycles. The molecule has 0 saturated heterocycles. The molecule has 0 fully saturated rings. The van der Waals surface area contributed by atoms with Crippen molar-refractivity contribution < 1.29 is 5.11 Å². The number of aliphatic hydroxyl groups excluding tert-OH is 1. The fourth-order valence-corrected chi connectivity index (χ4v) is 0.645. The lowest BCUT2D eigenvalue weighted by molar-refractivity contribution is 0.271. The molecule has 48 valence electrons. The Morgan fingerprint density at radius 1 is 1.75 bits per heavy atom. The summed E-state index contributed by atoms with van der Waals surface area (Å²) in [5.74, 6) is 0. The van der Waals surface area contributed by atoms with Crippen LogP contribution in [0.25, 0.3) is 0 Å². The van der Waals surface area contributed by atoms with Gasteiger partial charge < -0.3 is 10.4 Å². The molecule has 1 atom stereocenters. The monoisotopic (exact) mass is 135 g/mol. The van der Waals surface area contributed by atoms with Crippen LogP contribution < -0.4 is 5.32 Å². The van der Waals surface area contributed by atoms with Crippen molar-refractivity contribution in [3.63, 3.8) is 0 Å². The van der Waals surface area contributed by atoms with Gasteiger partial charge in [0, 0.05) is 12.6 Å². The summed E-state index contributed by atoms with van der Waals surface area (Å²) in [7, 11) is 0. The molecule has 0 aliphatic carbocycles. The maximum atomic E-state index is 8.45. The Labute approximate surface area is 55.0 Å². The number of nitrogens with one attached hydrogen (secondary N) is 1. The van der Waals surface area contributed by atoms with Gasteiger partial charge >= 0.3 is 0 Å². The van der Waals surface area contributed by atoms with Crippen molar-refractivity contribution in [3.05, 3.63) is 12.2 Å². The molecule has 0 spiro atoms. The number of hydrogen-bond donors (Lipinski definition) is 2. The number of aliphatic hydroxyl groups is 1. The predicted octanol–water partition coefficient (Wildman–Crippen LogP) is -0.0715. The van der Waals surface area contributed by atoms with Crippen LogP contribution in [0, 0.1) is 0 Å². The summed E-state index contributed by atoms with van der Waals surface area (Å²) in [6.45, 7) is 1.13. The fraction of sp³-hybridized carbons (Fsp3) is 0.600. The maximum absolute atomic E-state index is 8.45. The molecule has 0 radical (unpaired) electrons. The van der Waals surface area contributed by atoms with Crippen molar-refractivity contribution in [1.29, 1.82) is 0 Å². The molecule has 1 aliphatic rings. The molecule has 2 N–H and O–H groups in total. The highest BCUT2D eigenvalue weighted by molar-refractivity contribution is 5.85. The average Bonchev–Trinajstić information content (AvgIpc) is 2.14. The molecule has 0 amide bonds. The van der Waals surface area contributed by atoms with Gasteiger partial charge in [-0.25, -0.2) is 0 Å². The van der Waals surface area contributed by atoms with E-state index >= 15 is 0 Å². The van der Waals surface area contributed by atoms with Crippen molar-refractivity contribution in [2.24, 2.45) is 0 Å². The molecule has 0 aromatic heterocycles. The van der Waals surface area contributed by atoms with E-state index in [-0.39, 0.29) is 25.1 Å². The molecule has 0 saturated carbocycles. The molecule has 0 aromatic rings. The lowest BCUT2D eigenvalue weighted by Gasteiger charge is -2.00. The minimum atomic E-state index is 0. The van der Waals surface area contributed by atoms with E-state index in [2.05, 4.69) is 5.32 Å². The first-order valence-electron chi connectivity index (χ1n) is 2.44. The van der Waals surface area contributed by atoms with Crippen LogP contribution in [0.2, 0.25) is 0 Å². The van der Waals surface area contributed by atoms with Gasteiger partial charge in [0.15, 0.2) is 0 Å². The van der Waals surface area contributed by atoms with Gasteiger partial charge in [0.1, 0.15) is 0 Å². The van der Waals surface area contributed by atoms with Crippen LogP contribution in [0.5, 0.6) is 0 Å². The van der Waals surface area contributed by atoms with Gasteiger partial charge in [0.25, 0.3) is 0 Å². The van der Waals surface area contributed by atoms with E-state index < -0.39 is 0 Å². The zero-order valence-corrected chi connectivity index (χ0v) is 5.32. The highest BCUT2D eigenvalue weighted by Gasteiger charge is 2.03. The Kier molecular flexibility index (Phi) is 3.87. The summed E-state index contributed by atoms with van der Waals surface area (Å²) in [4.78, 5) is 0. The van der Waals surface area contributed by atoms with E-state index in [4.69, 9.17) is 5.11 Å². The lowest BCUT2D eigenvalue weighted by atomic mass is 10.3. The van der Waals surface area contributed by atoms with E-state index in [0.717, 1.165) is 6.54 Å². The molecule has 1 unspecified atom stereocenters. The highest BCUT2D eigenvalue weighted by atomic mass is 35.5. The van der Waals surface area contributed by atoms with Gasteiger partial charge in [-0.15, -0.1) is 12.4 Å². The minimum absolute atomic E-state index is 0. The lowest BCUT2D eigenvalue weighted by Crippen LogP contribution is -2.25. The molecule has 8 heavy (non-hydrogen) atoms. The molecular formula is C5H10ClNO. The Hall–Kier alpha value is -0.0500. The first-order chi connectivity index (χ1) is 3.43. The van der Waals surface area contributed by atoms with Gasteiger partial charge in [0.05, 0.1) is 6.61 Å². The molecule has 1 heterocycles. The molecule has 0 aromatic carbocycles. The van der Waals surface area contributed by atoms with Gasteiger partial charge in [-0.3, -0.25) is 0 Å². The van der Waals surface area contributed by atoms with Crippen molar-refractivity contribution in [1.82, 2.24) is 5.32 Å². The van der Waals surface area contributed by atoms with Gasteiger partial charge in [-0.2, -0.15) is 0 Å². The topological polar surface area (TPSA) is 32.3 Å². The minimum Gasteiger partial charge on any atom is -0.394 e. The van der Waals surface area contributed by atoms with Crippen LogP contribution in [0.1, 0.15) is 0 Å². The second-order valence-electron chi connectivity index (χ2n) is 1.63. The Morgan fingerprint density at radius 3 is 2.75 bits per heavy atom. The van der Waals surface area contributed by atoms with E-state index in [0.29, 0.717) is 0 Å². The second-order valence-corrected chi connectivity index (χ2v) is 1.63. The average molecular weight is 136 g/mol. The van der Waals surface area contributed by atoms with E-state index in [9.17, 15) is 0 Å². The summed E-state index contributed by atoms with van der Waals surface area (Å²) in [5.41, 5.74) is 0. The van der Waals surface area contributed by atoms with Crippen molar-refractivity contribution in [2.75, 3.05) is 13.2 Å². The summed E-state index contributed by atoms with van der Waals surface area (Å²) in [6.07, 6.45) is 3.99. The summed E-state index contributed by atoms with van der Waals surface area (Å²) < 4.78 is 0. The van der Waals surface area contributed by atoms with Crippen LogP contribution in [-0.4, -0.2) is 24.3 Å². The molecular weight excluding hydrogens is 126 g/mol. The molecule has 0 bridgehead atoms. The fourth-order valence-electron chi connectivity index (χ4n) is 0.645. The SMILES string of the molecule is Cl.OCC1C=CCN1. The number of hydrogen-bond acceptors (Lipinski definition) is 2. The first-order valence-corrected chi connectivity index (χ1v) is 2.44. The van der Waals surface area contributed by atoms with Gasteiger partial charge in [-0.05, 0) is 0 Å². The van der Waals surface area contributed by atoms with E-state index in [1.54, 1.807) is 0 Å². The van der Waals surface area contributed by atoms with Crippen LogP contribution in [0.4, 0.5) is 0 Å². The summed E-state index contributed by atoms with van der Waals surface area (Å²) in [6, 6.07) is 0.222. The van der Waals surface area contributed by atoms with E-state index in [1.165, 1.54) is 0 Å². The molecule has 3 heteroatoms.